The predicted molar refractivity (Wildman–Crippen MR) is 115 cm³/mol. The summed E-state index contributed by atoms with van der Waals surface area (Å²) in [4.78, 5) is 6.81. The van der Waals surface area contributed by atoms with Crippen molar-refractivity contribution in [3.8, 4) is 5.75 Å². The largest absolute Gasteiger partial charge is 0.489 e. The number of nitrogens with zero attached hydrogens (tertiary/aromatic N) is 2. The molecule has 1 aromatic heterocycles. The molecule has 1 aliphatic heterocycles. The first kappa shape index (κ1) is 20.3. The molecule has 3 aromatic rings. The van der Waals surface area contributed by atoms with Gasteiger partial charge in [0.15, 0.2) is 0 Å². The topological polar surface area (TPSA) is 37.4 Å². The smallest absolute Gasteiger partial charge is 0.119 e. The molecule has 0 saturated carbocycles. The standard InChI is InChI=1S/C23H25N3O.ClH/c1-2-5-20(6-3-1)18-27-22-10-8-19(9-11-22)17-26-14-13-25-16-23(26)21-7-4-12-24-15-21;/h1-12,15,23,25H,13-14,16-18H2;1H. The normalized spacial score (nSPS) is 16.9. The van der Waals surface area contributed by atoms with Crippen LogP contribution in [0.25, 0.3) is 0 Å². The lowest BCUT2D eigenvalue weighted by Crippen LogP contribution is -2.45. The van der Waals surface area contributed by atoms with Gasteiger partial charge in [-0.3, -0.25) is 9.88 Å². The number of hydrogen-bond donors (Lipinski definition) is 1. The van der Waals surface area contributed by atoms with Crippen LogP contribution in [-0.4, -0.2) is 29.5 Å². The van der Waals surface area contributed by atoms with Crippen LogP contribution in [0, 0.1) is 0 Å². The number of piperazine rings is 1. The second-order valence-corrected chi connectivity index (χ2v) is 6.89. The summed E-state index contributed by atoms with van der Waals surface area (Å²) in [5, 5.41) is 3.50. The van der Waals surface area contributed by atoms with E-state index in [1.165, 1.54) is 16.7 Å². The van der Waals surface area contributed by atoms with E-state index in [1.807, 2.05) is 36.7 Å². The van der Waals surface area contributed by atoms with Crippen molar-refractivity contribution in [2.75, 3.05) is 19.6 Å². The van der Waals surface area contributed by atoms with Gasteiger partial charge in [-0.15, -0.1) is 12.4 Å². The van der Waals surface area contributed by atoms with Crippen molar-refractivity contribution in [3.63, 3.8) is 0 Å². The van der Waals surface area contributed by atoms with Gasteiger partial charge in [-0.25, -0.2) is 0 Å². The summed E-state index contributed by atoms with van der Waals surface area (Å²) in [7, 11) is 0. The number of benzene rings is 2. The fourth-order valence-electron chi connectivity index (χ4n) is 3.50. The first-order valence-corrected chi connectivity index (χ1v) is 9.49. The number of ether oxygens (including phenoxy) is 1. The summed E-state index contributed by atoms with van der Waals surface area (Å²) in [5.41, 5.74) is 3.76. The van der Waals surface area contributed by atoms with Gasteiger partial charge < -0.3 is 10.1 Å². The van der Waals surface area contributed by atoms with E-state index in [9.17, 15) is 0 Å². The molecule has 4 nitrogen and oxygen atoms in total. The van der Waals surface area contributed by atoms with Crippen LogP contribution in [0.2, 0.25) is 0 Å². The molecule has 1 unspecified atom stereocenters. The molecule has 146 valence electrons. The highest BCUT2D eigenvalue weighted by molar-refractivity contribution is 5.85. The van der Waals surface area contributed by atoms with E-state index in [2.05, 4.69) is 57.7 Å². The van der Waals surface area contributed by atoms with Gasteiger partial charge in [-0.1, -0.05) is 48.5 Å². The van der Waals surface area contributed by atoms with E-state index in [0.717, 1.165) is 31.9 Å². The molecule has 5 heteroatoms. The second-order valence-electron chi connectivity index (χ2n) is 6.89. The quantitative estimate of drug-likeness (QED) is 0.677. The molecule has 2 heterocycles. The summed E-state index contributed by atoms with van der Waals surface area (Å²) in [6.07, 6.45) is 3.81. The maximum Gasteiger partial charge on any atom is 0.119 e. The van der Waals surface area contributed by atoms with Crippen molar-refractivity contribution >= 4 is 12.4 Å². The van der Waals surface area contributed by atoms with Crippen LogP contribution in [0.4, 0.5) is 0 Å². The Kier molecular flexibility index (Phi) is 7.43. The fraction of sp³-hybridized carbons (Fsp3) is 0.261. The first-order valence-electron chi connectivity index (χ1n) is 9.49. The fourth-order valence-corrected chi connectivity index (χ4v) is 3.50. The maximum absolute atomic E-state index is 5.90. The Bertz CT molecular complexity index is 827. The molecule has 0 bridgehead atoms. The molecule has 1 fully saturated rings. The lowest BCUT2D eigenvalue weighted by atomic mass is 10.0. The molecule has 1 saturated heterocycles. The first-order chi connectivity index (χ1) is 13.4. The van der Waals surface area contributed by atoms with E-state index < -0.39 is 0 Å². The highest BCUT2D eigenvalue weighted by Gasteiger charge is 2.23. The second kappa shape index (κ2) is 10.2. The average molecular weight is 396 g/mol. The third-order valence-corrected chi connectivity index (χ3v) is 4.98. The van der Waals surface area contributed by atoms with Crippen molar-refractivity contribution < 1.29 is 4.74 Å². The van der Waals surface area contributed by atoms with Crippen molar-refractivity contribution in [1.82, 2.24) is 15.2 Å². The molecule has 1 atom stereocenters. The van der Waals surface area contributed by atoms with Crippen LogP contribution >= 0.6 is 12.4 Å². The summed E-state index contributed by atoms with van der Waals surface area (Å²) >= 11 is 0. The van der Waals surface area contributed by atoms with E-state index in [-0.39, 0.29) is 12.4 Å². The minimum Gasteiger partial charge on any atom is -0.489 e. The van der Waals surface area contributed by atoms with Crippen molar-refractivity contribution in [3.05, 3.63) is 95.8 Å². The van der Waals surface area contributed by atoms with Crippen LogP contribution in [0.1, 0.15) is 22.7 Å². The third kappa shape index (κ3) is 5.32. The van der Waals surface area contributed by atoms with Crippen molar-refractivity contribution in [2.45, 2.75) is 19.2 Å². The number of pyridine rings is 1. The van der Waals surface area contributed by atoms with Gasteiger partial charge in [0.1, 0.15) is 12.4 Å². The van der Waals surface area contributed by atoms with Gasteiger partial charge in [-0.2, -0.15) is 0 Å². The van der Waals surface area contributed by atoms with Crippen LogP contribution in [0.15, 0.2) is 79.1 Å². The molecule has 0 radical (unpaired) electrons. The number of nitrogens with one attached hydrogen (secondary N) is 1. The number of hydrogen-bond acceptors (Lipinski definition) is 4. The number of rotatable bonds is 6. The van der Waals surface area contributed by atoms with Crippen molar-refractivity contribution in [1.29, 1.82) is 0 Å². The Hall–Kier alpha value is -2.40. The number of halogens is 1. The molecule has 1 aliphatic rings. The minimum atomic E-state index is 0. The molecular formula is C23H26ClN3O. The van der Waals surface area contributed by atoms with Gasteiger partial charge >= 0.3 is 0 Å². The van der Waals surface area contributed by atoms with E-state index in [0.29, 0.717) is 12.6 Å². The third-order valence-electron chi connectivity index (χ3n) is 4.98. The highest BCUT2D eigenvalue weighted by Crippen LogP contribution is 2.24. The van der Waals surface area contributed by atoms with Gasteiger partial charge in [0.2, 0.25) is 0 Å². The Morgan fingerprint density at radius 2 is 1.79 bits per heavy atom. The van der Waals surface area contributed by atoms with Gasteiger partial charge in [0.25, 0.3) is 0 Å². The molecule has 0 spiro atoms. The van der Waals surface area contributed by atoms with E-state index >= 15 is 0 Å². The molecule has 28 heavy (non-hydrogen) atoms. The van der Waals surface area contributed by atoms with Crippen LogP contribution < -0.4 is 10.1 Å². The zero-order valence-corrected chi connectivity index (χ0v) is 16.6. The van der Waals surface area contributed by atoms with E-state index in [4.69, 9.17) is 4.74 Å². The van der Waals surface area contributed by atoms with Crippen molar-refractivity contribution in [2.24, 2.45) is 0 Å². The molecular weight excluding hydrogens is 370 g/mol. The Morgan fingerprint density at radius 1 is 0.964 bits per heavy atom. The molecule has 1 N–H and O–H groups in total. The SMILES string of the molecule is Cl.c1ccc(COc2ccc(CN3CCNCC3c3cccnc3)cc2)cc1. The Labute approximate surface area is 173 Å². The van der Waals surface area contributed by atoms with Crippen LogP contribution in [-0.2, 0) is 13.2 Å². The van der Waals surface area contributed by atoms with Gasteiger partial charge in [-0.05, 0) is 34.9 Å². The zero-order chi connectivity index (χ0) is 18.3. The summed E-state index contributed by atoms with van der Waals surface area (Å²) in [5.74, 6) is 0.909. The van der Waals surface area contributed by atoms with Crippen LogP contribution in [0.5, 0.6) is 5.75 Å². The minimum absolute atomic E-state index is 0. The Balaban J connectivity index is 0.00000225. The summed E-state index contributed by atoms with van der Waals surface area (Å²) in [6, 6.07) is 23.3. The molecule has 4 rings (SSSR count). The predicted octanol–water partition coefficient (Wildman–Crippen LogP) is 4.23. The lowest BCUT2D eigenvalue weighted by Gasteiger charge is -2.36. The van der Waals surface area contributed by atoms with E-state index in [1.54, 1.807) is 0 Å². The molecule has 0 aliphatic carbocycles. The average Bonchev–Trinajstić information content (AvgIpc) is 2.75. The molecule has 2 aromatic carbocycles. The highest BCUT2D eigenvalue weighted by atomic mass is 35.5. The van der Waals surface area contributed by atoms with Gasteiger partial charge in [0.05, 0.1) is 0 Å². The zero-order valence-electron chi connectivity index (χ0n) is 15.8. The summed E-state index contributed by atoms with van der Waals surface area (Å²) < 4.78 is 5.90. The summed E-state index contributed by atoms with van der Waals surface area (Å²) in [6.45, 7) is 4.55. The maximum atomic E-state index is 5.90. The Morgan fingerprint density at radius 3 is 2.54 bits per heavy atom. The monoisotopic (exact) mass is 395 g/mol. The van der Waals surface area contributed by atoms with Crippen LogP contribution in [0.3, 0.4) is 0 Å². The lowest BCUT2D eigenvalue weighted by molar-refractivity contribution is 0.153. The molecule has 0 amide bonds. The number of aromatic nitrogens is 1. The van der Waals surface area contributed by atoms with Gasteiger partial charge in [0, 0.05) is 44.6 Å².